The second-order valence-corrected chi connectivity index (χ2v) is 10.5. The van der Waals surface area contributed by atoms with Gasteiger partial charge in [0.1, 0.15) is 17.5 Å². The van der Waals surface area contributed by atoms with Crippen LogP contribution in [0.1, 0.15) is 51.8 Å². The number of allylic oxidation sites excluding steroid dienone is 1. The molecule has 4 rings (SSSR count). The number of fused-ring (bicyclic) bond motifs is 1. The van der Waals surface area contributed by atoms with E-state index in [-0.39, 0.29) is 18.3 Å². The van der Waals surface area contributed by atoms with Crippen LogP contribution in [0.4, 0.5) is 0 Å². The lowest BCUT2D eigenvalue weighted by Gasteiger charge is -2.26. The summed E-state index contributed by atoms with van der Waals surface area (Å²) in [5.41, 5.74) is 2.03. The molecule has 2 aromatic carbocycles. The zero-order valence-electron chi connectivity index (χ0n) is 21.4. The van der Waals surface area contributed by atoms with Gasteiger partial charge in [0.15, 0.2) is 4.80 Å². The highest BCUT2D eigenvalue weighted by molar-refractivity contribution is 9.10. The molecule has 1 aromatic heterocycles. The summed E-state index contributed by atoms with van der Waals surface area (Å²) >= 11 is 4.77. The fourth-order valence-corrected chi connectivity index (χ4v) is 5.63. The van der Waals surface area contributed by atoms with Crippen molar-refractivity contribution in [2.24, 2.45) is 4.99 Å². The van der Waals surface area contributed by atoms with E-state index in [1.54, 1.807) is 24.5 Å². The molecule has 0 spiro atoms. The molecule has 194 valence electrons. The summed E-state index contributed by atoms with van der Waals surface area (Å²) in [6, 6.07) is 12.4. The first-order chi connectivity index (χ1) is 17.7. The summed E-state index contributed by atoms with van der Waals surface area (Å²) in [6.45, 7) is 10.0. The highest BCUT2D eigenvalue weighted by Crippen LogP contribution is 2.36. The molecule has 7 nitrogen and oxygen atoms in total. The molecule has 0 aliphatic carbocycles. The van der Waals surface area contributed by atoms with Gasteiger partial charge >= 0.3 is 5.97 Å². The van der Waals surface area contributed by atoms with Crippen molar-refractivity contribution in [2.45, 2.75) is 46.8 Å². The molecule has 0 radical (unpaired) electrons. The smallest absolute Gasteiger partial charge is 0.338 e. The highest BCUT2D eigenvalue weighted by Gasteiger charge is 2.35. The van der Waals surface area contributed by atoms with Gasteiger partial charge in [-0.15, -0.1) is 0 Å². The van der Waals surface area contributed by atoms with Crippen LogP contribution in [0.3, 0.4) is 0 Å². The standard InChI is InChI=1S/C28H29BrN2O5S/c1-6-34-21-13-12-19(29)14-18(21)15-23-26(32)31-25(20-10-8-9-11-22(20)36-16(3)4)24(27(33)35-7-2)17(5)30-28(31)37-23/h8-16,25H,6-7H2,1-5H3/b23-15+/t25-/m1/s1. The molecule has 3 aromatic rings. The van der Waals surface area contributed by atoms with Crippen molar-refractivity contribution >= 4 is 39.3 Å². The topological polar surface area (TPSA) is 79.1 Å². The second kappa shape index (κ2) is 11.5. The van der Waals surface area contributed by atoms with Crippen molar-refractivity contribution in [1.82, 2.24) is 4.57 Å². The van der Waals surface area contributed by atoms with Crippen LogP contribution >= 0.6 is 27.3 Å². The number of nitrogens with zero attached hydrogens (tertiary/aromatic N) is 2. The molecular formula is C28H29BrN2O5S. The minimum absolute atomic E-state index is 0.0957. The molecule has 0 amide bonds. The number of hydrogen-bond donors (Lipinski definition) is 0. The first-order valence-corrected chi connectivity index (χ1v) is 13.7. The highest BCUT2D eigenvalue weighted by atomic mass is 79.9. The molecule has 0 bridgehead atoms. The molecule has 1 aliphatic rings. The number of ether oxygens (including phenoxy) is 3. The minimum Gasteiger partial charge on any atom is -0.493 e. The van der Waals surface area contributed by atoms with Crippen LogP contribution < -0.4 is 24.4 Å². The van der Waals surface area contributed by atoms with Crippen molar-refractivity contribution in [1.29, 1.82) is 0 Å². The third-order valence-electron chi connectivity index (χ3n) is 5.65. The average Bonchev–Trinajstić information content (AvgIpc) is 3.14. The van der Waals surface area contributed by atoms with Crippen LogP contribution in [0.15, 0.2) is 68.0 Å². The predicted molar refractivity (Wildman–Crippen MR) is 148 cm³/mol. The van der Waals surface area contributed by atoms with E-state index >= 15 is 0 Å². The molecule has 0 saturated carbocycles. The number of esters is 1. The molecule has 2 heterocycles. The van der Waals surface area contributed by atoms with E-state index in [1.165, 1.54) is 11.3 Å². The second-order valence-electron chi connectivity index (χ2n) is 8.62. The van der Waals surface area contributed by atoms with Crippen LogP contribution in [0, 0.1) is 0 Å². The summed E-state index contributed by atoms with van der Waals surface area (Å²) in [5, 5.41) is 0. The van der Waals surface area contributed by atoms with Crippen LogP contribution in [0.25, 0.3) is 6.08 Å². The number of benzene rings is 2. The molecule has 1 aliphatic heterocycles. The first kappa shape index (κ1) is 26.9. The summed E-state index contributed by atoms with van der Waals surface area (Å²) < 4.78 is 20.2. The van der Waals surface area contributed by atoms with E-state index in [0.717, 1.165) is 10.0 Å². The van der Waals surface area contributed by atoms with E-state index in [9.17, 15) is 9.59 Å². The van der Waals surface area contributed by atoms with Crippen molar-refractivity contribution in [2.75, 3.05) is 13.2 Å². The van der Waals surface area contributed by atoms with Gasteiger partial charge < -0.3 is 14.2 Å². The molecular weight excluding hydrogens is 556 g/mol. The van der Waals surface area contributed by atoms with Crippen molar-refractivity contribution in [3.8, 4) is 11.5 Å². The van der Waals surface area contributed by atoms with Crippen molar-refractivity contribution in [3.63, 3.8) is 0 Å². The lowest BCUT2D eigenvalue weighted by molar-refractivity contribution is -0.139. The van der Waals surface area contributed by atoms with Crippen LogP contribution in [0.2, 0.25) is 0 Å². The third-order valence-corrected chi connectivity index (χ3v) is 7.13. The van der Waals surface area contributed by atoms with Gasteiger partial charge in [0.05, 0.1) is 35.1 Å². The van der Waals surface area contributed by atoms with Gasteiger partial charge in [-0.1, -0.05) is 45.5 Å². The maximum Gasteiger partial charge on any atom is 0.338 e. The maximum atomic E-state index is 13.9. The van der Waals surface area contributed by atoms with Crippen LogP contribution in [0.5, 0.6) is 11.5 Å². The van der Waals surface area contributed by atoms with Gasteiger partial charge in [-0.05, 0) is 65.0 Å². The SMILES string of the molecule is CCOC(=O)C1=C(C)N=c2s/c(=C/c3cc(Br)ccc3OCC)c(=O)n2[C@@H]1c1ccccc1OC(C)C. The van der Waals surface area contributed by atoms with Gasteiger partial charge in [-0.2, -0.15) is 0 Å². The largest absolute Gasteiger partial charge is 0.493 e. The van der Waals surface area contributed by atoms with Gasteiger partial charge in [-0.3, -0.25) is 9.36 Å². The number of carbonyl (C=O) groups excluding carboxylic acids is 1. The summed E-state index contributed by atoms with van der Waals surface area (Å²) in [5.74, 6) is 0.763. The fraction of sp³-hybridized carbons (Fsp3) is 0.321. The Morgan fingerprint density at radius 2 is 1.92 bits per heavy atom. The third kappa shape index (κ3) is 5.57. The van der Waals surface area contributed by atoms with Gasteiger partial charge in [0.2, 0.25) is 0 Å². The molecule has 0 saturated heterocycles. The van der Waals surface area contributed by atoms with Crippen molar-refractivity contribution < 1.29 is 19.0 Å². The number of para-hydroxylation sites is 1. The summed E-state index contributed by atoms with van der Waals surface area (Å²) in [7, 11) is 0. The molecule has 9 heteroatoms. The predicted octanol–water partition coefficient (Wildman–Crippen LogP) is 4.75. The van der Waals surface area contributed by atoms with Gasteiger partial charge in [-0.25, -0.2) is 9.79 Å². The zero-order chi connectivity index (χ0) is 26.7. The fourth-order valence-electron chi connectivity index (χ4n) is 4.21. The van der Waals surface area contributed by atoms with Gasteiger partial charge in [0.25, 0.3) is 5.56 Å². The number of thiazole rings is 1. The quantitative estimate of drug-likeness (QED) is 0.357. The minimum atomic E-state index is -0.749. The Morgan fingerprint density at radius 3 is 2.62 bits per heavy atom. The number of carbonyl (C=O) groups is 1. The Balaban J connectivity index is 1.99. The maximum absolute atomic E-state index is 13.9. The summed E-state index contributed by atoms with van der Waals surface area (Å²) in [6.07, 6.45) is 1.71. The summed E-state index contributed by atoms with van der Waals surface area (Å²) in [4.78, 5) is 32.3. The monoisotopic (exact) mass is 584 g/mol. The zero-order valence-corrected chi connectivity index (χ0v) is 23.8. The van der Waals surface area contributed by atoms with E-state index in [2.05, 4.69) is 20.9 Å². The number of rotatable bonds is 8. The molecule has 0 fully saturated rings. The Bertz CT molecular complexity index is 1540. The number of hydrogen-bond acceptors (Lipinski definition) is 7. The van der Waals surface area contributed by atoms with Crippen LogP contribution in [-0.4, -0.2) is 29.9 Å². The normalized spacial score (nSPS) is 15.4. The van der Waals surface area contributed by atoms with Crippen LogP contribution in [-0.2, 0) is 9.53 Å². The Hall–Kier alpha value is -3.17. The molecule has 37 heavy (non-hydrogen) atoms. The van der Waals surface area contributed by atoms with Crippen molar-refractivity contribution in [3.05, 3.63) is 89.0 Å². The first-order valence-electron chi connectivity index (χ1n) is 12.1. The Kier molecular flexibility index (Phi) is 8.34. The number of halogens is 1. The molecule has 1 atom stereocenters. The van der Waals surface area contributed by atoms with E-state index in [1.807, 2.05) is 63.2 Å². The Morgan fingerprint density at radius 1 is 1.16 bits per heavy atom. The van der Waals surface area contributed by atoms with E-state index in [4.69, 9.17) is 14.2 Å². The lowest BCUT2D eigenvalue weighted by atomic mass is 9.95. The van der Waals surface area contributed by atoms with Gasteiger partial charge in [0, 0.05) is 15.6 Å². The molecule has 0 N–H and O–H groups in total. The lowest BCUT2D eigenvalue weighted by Crippen LogP contribution is -2.40. The Labute approximate surface area is 227 Å². The average molecular weight is 586 g/mol. The van der Waals surface area contributed by atoms with E-state index < -0.39 is 12.0 Å². The number of aromatic nitrogens is 1. The van der Waals surface area contributed by atoms with E-state index in [0.29, 0.717) is 44.3 Å². The molecule has 0 unspecified atom stereocenters.